The molecule has 7 nitrogen and oxygen atoms in total. The Hall–Kier alpha value is -3.48. The second-order valence-electron chi connectivity index (χ2n) is 6.88. The number of fused-ring (bicyclic) bond motifs is 1. The number of rotatable bonds is 6. The van der Waals surface area contributed by atoms with Crippen molar-refractivity contribution in [3.8, 4) is 17.1 Å². The molecule has 142 valence electrons. The maximum atomic E-state index is 12.2. The number of H-pyrrole nitrogens is 1. The summed E-state index contributed by atoms with van der Waals surface area (Å²) in [7, 11) is 0. The van der Waals surface area contributed by atoms with Crippen LogP contribution < -0.4 is 4.74 Å². The molecule has 0 aliphatic heterocycles. The Balaban J connectivity index is 1.69. The molecule has 3 aromatic heterocycles. The highest BCUT2D eigenvalue weighted by Crippen LogP contribution is 2.29. The van der Waals surface area contributed by atoms with Crippen molar-refractivity contribution in [1.82, 2.24) is 25.0 Å². The summed E-state index contributed by atoms with van der Waals surface area (Å²) in [6, 6.07) is 9.71. The molecule has 7 heteroatoms. The Labute approximate surface area is 162 Å². The van der Waals surface area contributed by atoms with E-state index in [-0.39, 0.29) is 18.4 Å². The third-order valence-corrected chi connectivity index (χ3v) is 4.61. The Kier molecular flexibility index (Phi) is 4.65. The van der Waals surface area contributed by atoms with Gasteiger partial charge in [-0.2, -0.15) is 10.2 Å². The van der Waals surface area contributed by atoms with E-state index in [2.05, 4.69) is 34.1 Å². The van der Waals surface area contributed by atoms with Crippen LogP contribution in [0.2, 0.25) is 0 Å². The number of nitrogens with one attached hydrogen (secondary N) is 1. The molecule has 0 atom stereocenters. The van der Waals surface area contributed by atoms with Crippen LogP contribution in [0.1, 0.15) is 42.7 Å². The molecule has 0 spiro atoms. The maximum absolute atomic E-state index is 12.2. The largest absolute Gasteiger partial charge is 0.488 e. The van der Waals surface area contributed by atoms with Gasteiger partial charge in [0.1, 0.15) is 12.4 Å². The lowest BCUT2D eigenvalue weighted by atomic mass is 10.1. The number of aromatic amines is 1. The van der Waals surface area contributed by atoms with Gasteiger partial charge >= 0.3 is 0 Å². The molecule has 0 aliphatic rings. The minimum absolute atomic E-state index is 0.0749. The fraction of sp³-hybridized carbons (Fsp3) is 0.238. The molecule has 1 N–H and O–H groups in total. The number of carbonyl (C=O) groups excluding carboxylic acids is 1. The van der Waals surface area contributed by atoms with Gasteiger partial charge in [0.05, 0.1) is 28.7 Å². The number of ketones is 1. The van der Waals surface area contributed by atoms with Crippen molar-refractivity contribution in [1.29, 1.82) is 0 Å². The molecule has 3 heterocycles. The maximum Gasteiger partial charge on any atom is 0.165 e. The highest BCUT2D eigenvalue weighted by molar-refractivity contribution is 6.07. The van der Waals surface area contributed by atoms with Crippen LogP contribution in [0.5, 0.6) is 5.75 Å². The first-order chi connectivity index (χ1) is 13.6. The van der Waals surface area contributed by atoms with E-state index in [0.717, 1.165) is 22.3 Å². The van der Waals surface area contributed by atoms with Crippen molar-refractivity contribution in [2.75, 3.05) is 0 Å². The van der Waals surface area contributed by atoms with Gasteiger partial charge in [0.15, 0.2) is 5.78 Å². The molecule has 0 saturated carbocycles. The number of hydrogen-bond acceptors (Lipinski definition) is 5. The van der Waals surface area contributed by atoms with Crippen LogP contribution in [-0.2, 0) is 6.61 Å². The second kappa shape index (κ2) is 7.26. The quantitative estimate of drug-likeness (QED) is 0.511. The number of hydrogen-bond donors (Lipinski definition) is 1. The Bertz CT molecular complexity index is 1140. The fourth-order valence-electron chi connectivity index (χ4n) is 3.32. The van der Waals surface area contributed by atoms with E-state index in [0.29, 0.717) is 16.8 Å². The van der Waals surface area contributed by atoms with Crippen LogP contribution in [0, 0.1) is 0 Å². The first kappa shape index (κ1) is 17.9. The number of benzene rings is 1. The van der Waals surface area contributed by atoms with Crippen molar-refractivity contribution in [2.24, 2.45) is 0 Å². The second-order valence-corrected chi connectivity index (χ2v) is 6.88. The predicted molar refractivity (Wildman–Crippen MR) is 106 cm³/mol. The van der Waals surface area contributed by atoms with E-state index in [4.69, 9.17) is 4.74 Å². The number of pyridine rings is 1. The Morgan fingerprint density at radius 2 is 2.07 bits per heavy atom. The molecule has 0 fully saturated rings. The molecule has 0 bridgehead atoms. The van der Waals surface area contributed by atoms with E-state index >= 15 is 0 Å². The summed E-state index contributed by atoms with van der Waals surface area (Å²) in [5.41, 5.74) is 3.87. The summed E-state index contributed by atoms with van der Waals surface area (Å²) in [6.07, 6.45) is 5.22. The van der Waals surface area contributed by atoms with E-state index in [1.54, 1.807) is 18.6 Å². The standard InChI is InChI=1S/C21H21N5O2/c1-13(2)26-17(8-10-24-26)20-16(5-4-9-22-20)12-28-18-7-6-15-11-23-25-21(15)19(18)14(3)27/h4-11,13H,12H2,1-3H3,(H,23,25). The van der Waals surface area contributed by atoms with E-state index in [9.17, 15) is 4.79 Å². The summed E-state index contributed by atoms with van der Waals surface area (Å²) >= 11 is 0. The van der Waals surface area contributed by atoms with Gasteiger partial charge in [0.25, 0.3) is 0 Å². The van der Waals surface area contributed by atoms with Crippen molar-refractivity contribution >= 4 is 16.7 Å². The minimum atomic E-state index is -0.0749. The molecular weight excluding hydrogens is 354 g/mol. The van der Waals surface area contributed by atoms with Crippen molar-refractivity contribution < 1.29 is 9.53 Å². The smallest absolute Gasteiger partial charge is 0.165 e. The zero-order chi connectivity index (χ0) is 19.7. The van der Waals surface area contributed by atoms with Gasteiger partial charge in [-0.05, 0) is 45.0 Å². The number of Topliss-reactive ketones (excluding diaryl/α,β-unsaturated/α-hetero) is 1. The van der Waals surface area contributed by atoms with Crippen LogP contribution in [0.25, 0.3) is 22.3 Å². The highest BCUT2D eigenvalue weighted by Gasteiger charge is 2.17. The fourth-order valence-corrected chi connectivity index (χ4v) is 3.32. The lowest BCUT2D eigenvalue weighted by molar-refractivity contribution is 0.101. The topological polar surface area (TPSA) is 85.7 Å². The first-order valence-corrected chi connectivity index (χ1v) is 9.14. The van der Waals surface area contributed by atoms with E-state index in [1.807, 2.05) is 35.0 Å². The number of ether oxygens (including phenoxy) is 1. The molecule has 0 amide bonds. The Morgan fingerprint density at radius 3 is 2.86 bits per heavy atom. The minimum Gasteiger partial charge on any atom is -0.488 e. The summed E-state index contributed by atoms with van der Waals surface area (Å²) < 4.78 is 8.00. The lowest BCUT2D eigenvalue weighted by Crippen LogP contribution is -2.08. The zero-order valence-electron chi connectivity index (χ0n) is 16.0. The lowest BCUT2D eigenvalue weighted by Gasteiger charge is -2.15. The summed E-state index contributed by atoms with van der Waals surface area (Å²) in [5, 5.41) is 12.2. The highest BCUT2D eigenvalue weighted by atomic mass is 16.5. The van der Waals surface area contributed by atoms with Crippen molar-refractivity contribution in [3.63, 3.8) is 0 Å². The molecule has 4 rings (SSSR count). The van der Waals surface area contributed by atoms with Crippen molar-refractivity contribution in [2.45, 2.75) is 33.4 Å². The number of nitrogens with zero attached hydrogens (tertiary/aromatic N) is 4. The molecule has 0 aliphatic carbocycles. The van der Waals surface area contributed by atoms with Crippen LogP contribution in [0.4, 0.5) is 0 Å². The summed E-state index contributed by atoms with van der Waals surface area (Å²) in [6.45, 7) is 5.97. The molecular formula is C21H21N5O2. The Morgan fingerprint density at radius 1 is 1.21 bits per heavy atom. The molecule has 0 saturated heterocycles. The third kappa shape index (κ3) is 3.15. The van der Waals surface area contributed by atoms with Gasteiger partial charge in [-0.3, -0.25) is 19.6 Å². The third-order valence-electron chi connectivity index (χ3n) is 4.61. The molecule has 4 aromatic rings. The van der Waals surface area contributed by atoms with Crippen LogP contribution in [-0.4, -0.2) is 30.7 Å². The van der Waals surface area contributed by atoms with Gasteiger partial charge in [0, 0.05) is 29.4 Å². The van der Waals surface area contributed by atoms with Crippen molar-refractivity contribution in [3.05, 3.63) is 60.0 Å². The monoisotopic (exact) mass is 375 g/mol. The molecule has 1 aromatic carbocycles. The van der Waals surface area contributed by atoms with Gasteiger partial charge < -0.3 is 4.74 Å². The first-order valence-electron chi connectivity index (χ1n) is 9.14. The van der Waals surface area contributed by atoms with Gasteiger partial charge in [0.2, 0.25) is 0 Å². The van der Waals surface area contributed by atoms with Crippen LogP contribution >= 0.6 is 0 Å². The van der Waals surface area contributed by atoms with Crippen LogP contribution in [0.3, 0.4) is 0 Å². The number of aromatic nitrogens is 5. The summed E-state index contributed by atoms with van der Waals surface area (Å²) in [4.78, 5) is 16.8. The van der Waals surface area contributed by atoms with Gasteiger partial charge in [-0.15, -0.1) is 0 Å². The summed E-state index contributed by atoms with van der Waals surface area (Å²) in [5.74, 6) is 0.450. The zero-order valence-corrected chi connectivity index (χ0v) is 16.0. The predicted octanol–water partition coefficient (Wildman–Crippen LogP) is 4.18. The molecule has 0 unspecified atom stereocenters. The molecule has 28 heavy (non-hydrogen) atoms. The normalized spacial score (nSPS) is 11.3. The SMILES string of the molecule is CC(=O)c1c(OCc2cccnc2-c2ccnn2C(C)C)ccc2cn[nH]c12. The van der Waals surface area contributed by atoms with Crippen LogP contribution in [0.15, 0.2) is 48.9 Å². The average Bonchev–Trinajstić information content (AvgIpc) is 3.35. The van der Waals surface area contributed by atoms with Gasteiger partial charge in [-0.1, -0.05) is 6.07 Å². The van der Waals surface area contributed by atoms with E-state index in [1.165, 1.54) is 6.92 Å². The van der Waals surface area contributed by atoms with Gasteiger partial charge in [-0.25, -0.2) is 0 Å². The van der Waals surface area contributed by atoms with E-state index < -0.39 is 0 Å². The molecule has 0 radical (unpaired) electrons. The average molecular weight is 375 g/mol. The number of carbonyl (C=O) groups is 1.